The van der Waals surface area contributed by atoms with Gasteiger partial charge >= 0.3 is 5.97 Å². The normalized spacial score (nSPS) is 11.6. The van der Waals surface area contributed by atoms with Gasteiger partial charge in [0.1, 0.15) is 0 Å². The molecule has 6 heteroatoms. The Morgan fingerprint density at radius 3 is 2.33 bits per heavy atom. The molecule has 2 rings (SSSR count). The zero-order chi connectivity index (χ0) is 17.7. The first kappa shape index (κ1) is 17.7. The molecule has 0 saturated carbocycles. The summed E-state index contributed by atoms with van der Waals surface area (Å²) in [5, 5.41) is 11.9. The van der Waals surface area contributed by atoms with Crippen molar-refractivity contribution in [2.24, 2.45) is 0 Å². The van der Waals surface area contributed by atoms with Crippen molar-refractivity contribution in [3.8, 4) is 0 Å². The fourth-order valence-electron chi connectivity index (χ4n) is 2.48. The van der Waals surface area contributed by atoms with E-state index in [1.54, 1.807) is 43.3 Å². The van der Waals surface area contributed by atoms with E-state index in [0.29, 0.717) is 11.3 Å². The fourth-order valence-corrected chi connectivity index (χ4v) is 2.75. The number of nitrogens with one attached hydrogen (secondary N) is 1. The van der Waals surface area contributed by atoms with Crippen molar-refractivity contribution in [3.63, 3.8) is 0 Å². The van der Waals surface area contributed by atoms with E-state index in [1.807, 2.05) is 6.07 Å². The van der Waals surface area contributed by atoms with Gasteiger partial charge in [-0.1, -0.05) is 48.9 Å². The number of carboxylic acid groups (broad SMARTS) is 1. The van der Waals surface area contributed by atoms with Crippen molar-refractivity contribution in [1.29, 1.82) is 0 Å². The number of carbonyl (C=O) groups is 3. The van der Waals surface area contributed by atoms with E-state index >= 15 is 0 Å². The average molecular weight is 346 g/mol. The second-order valence-electron chi connectivity index (χ2n) is 5.15. The summed E-state index contributed by atoms with van der Waals surface area (Å²) in [6.45, 7) is 1.69. The van der Waals surface area contributed by atoms with Crippen LogP contribution >= 0.6 is 11.6 Å². The lowest BCUT2D eigenvalue weighted by Gasteiger charge is -2.17. The van der Waals surface area contributed by atoms with Crippen LogP contribution in [0.4, 0.5) is 5.69 Å². The predicted octanol–water partition coefficient (Wildman–Crippen LogP) is 3.74. The number of carbonyl (C=O) groups excluding carboxylic acids is 2. The molecule has 0 aromatic heterocycles. The molecule has 1 amide bonds. The third-order valence-corrected chi connectivity index (χ3v) is 3.93. The van der Waals surface area contributed by atoms with Gasteiger partial charge in [-0.15, -0.1) is 0 Å². The average Bonchev–Trinajstić information content (AvgIpc) is 2.56. The highest BCUT2D eigenvalue weighted by Crippen LogP contribution is 2.30. The zero-order valence-corrected chi connectivity index (χ0v) is 13.7. The Morgan fingerprint density at radius 2 is 1.75 bits per heavy atom. The molecule has 124 valence electrons. The van der Waals surface area contributed by atoms with Gasteiger partial charge < -0.3 is 10.4 Å². The maximum absolute atomic E-state index is 12.6. The highest BCUT2D eigenvalue weighted by atomic mass is 35.5. The molecule has 0 aliphatic carbocycles. The van der Waals surface area contributed by atoms with Gasteiger partial charge in [0, 0.05) is 5.69 Å². The number of para-hydroxylation sites is 1. The lowest BCUT2D eigenvalue weighted by Crippen LogP contribution is -2.24. The Labute approximate surface area is 144 Å². The van der Waals surface area contributed by atoms with E-state index in [1.165, 1.54) is 6.07 Å². The van der Waals surface area contributed by atoms with Crippen molar-refractivity contribution in [2.45, 2.75) is 19.3 Å². The van der Waals surface area contributed by atoms with E-state index in [-0.39, 0.29) is 17.0 Å². The molecule has 0 spiro atoms. The Hall–Kier alpha value is -2.66. The van der Waals surface area contributed by atoms with Gasteiger partial charge in [-0.05, 0) is 30.2 Å². The van der Waals surface area contributed by atoms with Crippen LogP contribution in [0.25, 0.3) is 0 Å². The smallest absolute Gasteiger partial charge is 0.372 e. The summed E-state index contributed by atoms with van der Waals surface area (Å²) < 4.78 is 0. The monoisotopic (exact) mass is 345 g/mol. The Morgan fingerprint density at radius 1 is 1.08 bits per heavy atom. The summed E-state index contributed by atoms with van der Waals surface area (Å²) >= 11 is 6.16. The number of ketones is 1. The van der Waals surface area contributed by atoms with Gasteiger partial charge in [-0.3, -0.25) is 9.59 Å². The molecule has 0 aliphatic heterocycles. The zero-order valence-electron chi connectivity index (χ0n) is 13.0. The largest absolute Gasteiger partial charge is 0.475 e. The van der Waals surface area contributed by atoms with Crippen molar-refractivity contribution < 1.29 is 19.5 Å². The molecule has 2 aromatic rings. The summed E-state index contributed by atoms with van der Waals surface area (Å²) in [5.41, 5.74) is 1.00. The molecular weight excluding hydrogens is 330 g/mol. The van der Waals surface area contributed by atoms with Crippen LogP contribution in [0.15, 0.2) is 48.5 Å². The maximum Gasteiger partial charge on any atom is 0.372 e. The number of hydrogen-bond acceptors (Lipinski definition) is 3. The Bertz CT molecular complexity index is 774. The first-order valence-corrected chi connectivity index (χ1v) is 7.75. The Kier molecular flexibility index (Phi) is 5.71. The SMILES string of the molecule is CCC(C(=O)C(=O)O)c1cccc(Cl)c1C(=O)Nc1ccccc1. The molecule has 24 heavy (non-hydrogen) atoms. The van der Waals surface area contributed by atoms with Crippen LogP contribution in [0.1, 0.15) is 35.2 Å². The minimum absolute atomic E-state index is 0.115. The third kappa shape index (κ3) is 3.81. The predicted molar refractivity (Wildman–Crippen MR) is 91.5 cm³/mol. The van der Waals surface area contributed by atoms with Crippen LogP contribution in [0.3, 0.4) is 0 Å². The van der Waals surface area contributed by atoms with Gasteiger partial charge in [0.15, 0.2) is 0 Å². The minimum Gasteiger partial charge on any atom is -0.475 e. The van der Waals surface area contributed by atoms with Crippen LogP contribution in [0.5, 0.6) is 0 Å². The van der Waals surface area contributed by atoms with Gasteiger partial charge in [0.2, 0.25) is 5.78 Å². The summed E-state index contributed by atoms with van der Waals surface area (Å²) in [7, 11) is 0. The van der Waals surface area contributed by atoms with Gasteiger partial charge in [0.05, 0.1) is 16.5 Å². The van der Waals surface area contributed by atoms with Crippen molar-refractivity contribution >= 4 is 34.9 Å². The minimum atomic E-state index is -1.53. The third-order valence-electron chi connectivity index (χ3n) is 3.62. The van der Waals surface area contributed by atoms with Crippen molar-refractivity contribution in [1.82, 2.24) is 0 Å². The highest BCUT2D eigenvalue weighted by molar-refractivity contribution is 6.37. The highest BCUT2D eigenvalue weighted by Gasteiger charge is 2.29. The molecule has 0 radical (unpaired) electrons. The lowest BCUT2D eigenvalue weighted by atomic mass is 9.88. The molecule has 0 saturated heterocycles. The Balaban J connectivity index is 2.44. The number of aliphatic carboxylic acids is 1. The molecule has 0 aliphatic rings. The molecule has 1 atom stereocenters. The maximum atomic E-state index is 12.6. The van der Waals surface area contributed by atoms with E-state index in [2.05, 4.69) is 5.32 Å². The van der Waals surface area contributed by atoms with E-state index < -0.39 is 23.6 Å². The van der Waals surface area contributed by atoms with Gasteiger partial charge in [-0.2, -0.15) is 0 Å². The summed E-state index contributed by atoms with van der Waals surface area (Å²) in [6, 6.07) is 13.5. The number of hydrogen-bond donors (Lipinski definition) is 2. The number of amides is 1. The summed E-state index contributed by atoms with van der Waals surface area (Å²) in [6.07, 6.45) is 0.247. The van der Waals surface area contributed by atoms with Crippen molar-refractivity contribution in [3.05, 3.63) is 64.7 Å². The van der Waals surface area contributed by atoms with Crippen molar-refractivity contribution in [2.75, 3.05) is 5.32 Å². The van der Waals surface area contributed by atoms with Crippen LogP contribution in [0, 0.1) is 0 Å². The van der Waals surface area contributed by atoms with Gasteiger partial charge in [-0.25, -0.2) is 4.79 Å². The second-order valence-corrected chi connectivity index (χ2v) is 5.56. The molecule has 0 bridgehead atoms. The number of benzene rings is 2. The van der Waals surface area contributed by atoms with E-state index in [4.69, 9.17) is 16.7 Å². The first-order valence-electron chi connectivity index (χ1n) is 7.37. The van der Waals surface area contributed by atoms with E-state index in [0.717, 1.165) is 0 Å². The number of Topliss-reactive ketones (excluding diaryl/α,β-unsaturated/α-hetero) is 1. The summed E-state index contributed by atoms with van der Waals surface area (Å²) in [4.78, 5) is 35.6. The second kappa shape index (κ2) is 7.75. The fraction of sp³-hybridized carbons (Fsp3) is 0.167. The topological polar surface area (TPSA) is 83.5 Å². The molecule has 2 N–H and O–H groups in total. The number of anilines is 1. The van der Waals surface area contributed by atoms with Crippen LogP contribution in [-0.2, 0) is 9.59 Å². The molecule has 5 nitrogen and oxygen atoms in total. The van der Waals surface area contributed by atoms with Crippen LogP contribution < -0.4 is 5.32 Å². The number of rotatable bonds is 6. The van der Waals surface area contributed by atoms with Crippen LogP contribution in [-0.4, -0.2) is 22.8 Å². The first-order chi connectivity index (χ1) is 11.5. The quantitative estimate of drug-likeness (QED) is 0.781. The lowest BCUT2D eigenvalue weighted by molar-refractivity contribution is -0.149. The summed E-state index contributed by atoms with van der Waals surface area (Å²) in [5.74, 6) is -3.92. The molecule has 2 aromatic carbocycles. The molecular formula is C18H16ClNO4. The van der Waals surface area contributed by atoms with Gasteiger partial charge in [0.25, 0.3) is 5.91 Å². The van der Waals surface area contributed by atoms with E-state index in [9.17, 15) is 14.4 Å². The molecule has 1 unspecified atom stereocenters. The standard InChI is InChI=1S/C18H16ClNO4/c1-2-12(16(21)18(23)24)13-9-6-10-14(19)15(13)17(22)20-11-7-4-3-5-8-11/h3-10,12H,2H2,1H3,(H,20,22)(H,23,24). The molecule has 0 fully saturated rings. The number of carboxylic acids is 1. The number of halogens is 1. The van der Waals surface area contributed by atoms with Crippen LogP contribution in [0.2, 0.25) is 5.02 Å². The molecule has 0 heterocycles.